The molecule has 1 spiro atoms. The van der Waals surface area contributed by atoms with Crippen LogP contribution in [0.4, 0.5) is 20.4 Å². The highest BCUT2D eigenvalue weighted by Gasteiger charge is 2.70. The van der Waals surface area contributed by atoms with Crippen LogP contribution in [0.15, 0.2) is 39.8 Å². The Kier molecular flexibility index (Phi) is 5.18. The number of fused-ring (bicyclic) bond motifs is 1. The molecule has 2 aliphatic rings. The fourth-order valence-corrected chi connectivity index (χ4v) is 5.41. The minimum atomic E-state index is -4.20. The second-order valence-electron chi connectivity index (χ2n) is 8.37. The number of alkyl halides is 2. The summed E-state index contributed by atoms with van der Waals surface area (Å²) in [6.45, 7) is 0.545. The second kappa shape index (κ2) is 7.75. The van der Waals surface area contributed by atoms with Gasteiger partial charge in [0.2, 0.25) is 0 Å². The number of piperidine rings is 1. The molecule has 3 heterocycles. The third-order valence-electron chi connectivity index (χ3n) is 6.31. The molecule has 1 aliphatic carbocycles. The maximum Gasteiger partial charge on any atom is 0.310 e. The van der Waals surface area contributed by atoms with E-state index in [4.69, 9.17) is 21.2 Å². The molecule has 1 aromatic carbocycles. The van der Waals surface area contributed by atoms with E-state index in [1.54, 1.807) is 4.90 Å². The molecule has 0 radical (unpaired) electrons. The zero-order valence-electron chi connectivity index (χ0n) is 17.4. The molecule has 3 N–H and O–H groups in total. The van der Waals surface area contributed by atoms with Gasteiger partial charge in [0, 0.05) is 36.4 Å². The van der Waals surface area contributed by atoms with Crippen molar-refractivity contribution in [3.05, 3.63) is 41.4 Å². The smallest absolute Gasteiger partial charge is 0.310 e. The summed E-state index contributed by atoms with van der Waals surface area (Å²) in [5, 5.41) is 9.14. The Balaban J connectivity index is 1.41. The van der Waals surface area contributed by atoms with Gasteiger partial charge in [-0.25, -0.2) is 32.6 Å². The van der Waals surface area contributed by atoms with Crippen LogP contribution in [0.25, 0.3) is 11.0 Å². The van der Waals surface area contributed by atoms with Gasteiger partial charge in [-0.3, -0.25) is 14.7 Å². The first-order valence-electron chi connectivity index (χ1n) is 10.2. The molecule has 0 unspecified atom stereocenters. The fraction of sp³-hybridized carbons (Fsp3) is 0.350. The lowest BCUT2D eigenvalue weighted by Gasteiger charge is -2.33. The molecule has 5 rings (SSSR count). The van der Waals surface area contributed by atoms with Crippen molar-refractivity contribution in [3.8, 4) is 0 Å². The lowest BCUT2D eigenvalue weighted by atomic mass is 9.93. The SMILES string of the molecule is O=C(NO)c1cc2ccc(S(=O)(=O)Nc3nc(Cl)cnc3N3CCC4(CC3)CC4(F)F)cc2o1. The highest BCUT2D eigenvalue weighted by Crippen LogP contribution is 2.66. The molecule has 3 aromatic rings. The van der Waals surface area contributed by atoms with Gasteiger partial charge in [-0.15, -0.1) is 0 Å². The molecular formula is C20H18ClF2N5O5S. The molecule has 1 amide bonds. The number of carbonyl (C=O) groups is 1. The van der Waals surface area contributed by atoms with E-state index in [9.17, 15) is 22.0 Å². The van der Waals surface area contributed by atoms with Crippen molar-refractivity contribution in [2.75, 3.05) is 22.7 Å². The van der Waals surface area contributed by atoms with Gasteiger partial charge >= 0.3 is 5.91 Å². The summed E-state index contributed by atoms with van der Waals surface area (Å²) in [6.07, 6.45) is 1.65. The van der Waals surface area contributed by atoms with Crippen LogP contribution in [-0.2, 0) is 10.0 Å². The van der Waals surface area contributed by atoms with Crippen LogP contribution in [-0.4, -0.2) is 48.5 Å². The fourth-order valence-electron chi connectivity index (χ4n) is 4.26. The lowest BCUT2D eigenvalue weighted by molar-refractivity contribution is 0.0536. The number of sulfonamides is 1. The average Bonchev–Trinajstić information content (AvgIpc) is 3.12. The summed E-state index contributed by atoms with van der Waals surface area (Å²) >= 11 is 5.95. The van der Waals surface area contributed by atoms with E-state index in [1.807, 2.05) is 0 Å². The van der Waals surface area contributed by atoms with Crippen LogP contribution in [0.1, 0.15) is 29.8 Å². The zero-order chi connectivity index (χ0) is 24.3. The van der Waals surface area contributed by atoms with Crippen molar-refractivity contribution in [2.24, 2.45) is 5.41 Å². The molecule has 2 aromatic heterocycles. The Bertz CT molecular complexity index is 1410. The third-order valence-corrected chi connectivity index (χ3v) is 7.83. The molecule has 14 heteroatoms. The summed E-state index contributed by atoms with van der Waals surface area (Å²) in [4.78, 5) is 21.3. The first kappa shape index (κ1) is 22.7. The number of hydroxylamine groups is 1. The van der Waals surface area contributed by atoms with Gasteiger partial charge in [-0.2, -0.15) is 0 Å². The van der Waals surface area contributed by atoms with E-state index >= 15 is 0 Å². The zero-order valence-corrected chi connectivity index (χ0v) is 19.0. The van der Waals surface area contributed by atoms with Crippen molar-refractivity contribution in [1.29, 1.82) is 0 Å². The van der Waals surface area contributed by atoms with Gasteiger partial charge in [0.25, 0.3) is 15.9 Å². The number of benzene rings is 1. The standard InChI is InChI=1S/C20H18ClF2N5O5S/c21-15-9-24-17(28-5-3-19(4-6-28)10-20(19,22)23)16(25-15)27-34(31,32)12-2-1-11-7-14(18(29)26-30)33-13(11)8-12/h1-2,7-9,30H,3-6,10H2,(H,25,27)(H,26,29). The van der Waals surface area contributed by atoms with Crippen molar-refractivity contribution < 1.29 is 31.6 Å². The van der Waals surface area contributed by atoms with E-state index in [-0.39, 0.29) is 65.4 Å². The van der Waals surface area contributed by atoms with Crippen molar-refractivity contribution in [2.45, 2.75) is 30.1 Å². The van der Waals surface area contributed by atoms with Gasteiger partial charge < -0.3 is 9.32 Å². The summed E-state index contributed by atoms with van der Waals surface area (Å²) in [6, 6.07) is 5.30. The predicted octanol–water partition coefficient (Wildman–Crippen LogP) is 3.42. The molecule has 34 heavy (non-hydrogen) atoms. The number of furan rings is 1. The van der Waals surface area contributed by atoms with Crippen LogP contribution < -0.4 is 15.1 Å². The monoisotopic (exact) mass is 513 g/mol. The van der Waals surface area contributed by atoms with Crippen LogP contribution in [0.5, 0.6) is 0 Å². The molecule has 1 saturated heterocycles. The van der Waals surface area contributed by atoms with Gasteiger partial charge in [-0.05, 0) is 31.0 Å². The number of aromatic nitrogens is 2. The summed E-state index contributed by atoms with van der Waals surface area (Å²) < 4.78 is 61.3. The van der Waals surface area contributed by atoms with Gasteiger partial charge in [0.1, 0.15) is 10.7 Å². The number of rotatable bonds is 5. The maximum absolute atomic E-state index is 13.7. The molecule has 1 saturated carbocycles. The van der Waals surface area contributed by atoms with Gasteiger partial charge in [-0.1, -0.05) is 11.6 Å². The third kappa shape index (κ3) is 3.83. The molecule has 10 nitrogen and oxygen atoms in total. The molecule has 0 bridgehead atoms. The van der Waals surface area contributed by atoms with Crippen molar-refractivity contribution >= 4 is 50.1 Å². The summed E-state index contributed by atoms with van der Waals surface area (Å²) in [5.41, 5.74) is 0.562. The van der Waals surface area contributed by atoms with E-state index in [1.165, 1.54) is 35.9 Å². The van der Waals surface area contributed by atoms with Gasteiger partial charge in [0.05, 0.1) is 11.1 Å². The predicted molar refractivity (Wildman–Crippen MR) is 117 cm³/mol. The Labute approximate surface area is 196 Å². The summed E-state index contributed by atoms with van der Waals surface area (Å²) in [7, 11) is -4.20. The minimum absolute atomic E-state index is 0.0511. The quantitative estimate of drug-likeness (QED) is 0.348. The first-order chi connectivity index (χ1) is 16.0. The second-order valence-corrected chi connectivity index (χ2v) is 10.4. The highest BCUT2D eigenvalue weighted by atomic mass is 35.5. The normalized spacial score (nSPS) is 18.8. The lowest BCUT2D eigenvalue weighted by Crippen LogP contribution is -2.37. The number of nitrogens with zero attached hydrogens (tertiary/aromatic N) is 3. The first-order valence-corrected chi connectivity index (χ1v) is 12.1. The number of halogens is 3. The van der Waals surface area contributed by atoms with Crippen LogP contribution in [0.3, 0.4) is 0 Å². The minimum Gasteiger partial charge on any atom is -0.451 e. The molecule has 180 valence electrons. The van der Waals surface area contributed by atoms with E-state index < -0.39 is 27.3 Å². The van der Waals surface area contributed by atoms with Crippen molar-refractivity contribution in [3.63, 3.8) is 0 Å². The number of hydrogen-bond donors (Lipinski definition) is 3. The number of amides is 1. The number of carbonyl (C=O) groups excluding carboxylic acids is 1. The van der Waals surface area contributed by atoms with Gasteiger partial charge in [0.15, 0.2) is 17.4 Å². The molecule has 2 fully saturated rings. The number of nitrogens with one attached hydrogen (secondary N) is 2. The highest BCUT2D eigenvalue weighted by molar-refractivity contribution is 7.92. The topological polar surface area (TPSA) is 138 Å². The molecule has 0 atom stereocenters. The number of hydrogen-bond acceptors (Lipinski definition) is 8. The average molecular weight is 514 g/mol. The largest absolute Gasteiger partial charge is 0.451 e. The number of anilines is 2. The van der Waals surface area contributed by atoms with E-state index in [0.29, 0.717) is 5.39 Å². The molecule has 1 aliphatic heterocycles. The Morgan fingerprint density at radius 2 is 1.94 bits per heavy atom. The maximum atomic E-state index is 13.7. The van der Waals surface area contributed by atoms with Crippen LogP contribution >= 0.6 is 11.6 Å². The Morgan fingerprint density at radius 1 is 1.24 bits per heavy atom. The van der Waals surface area contributed by atoms with Crippen LogP contribution in [0, 0.1) is 5.41 Å². The van der Waals surface area contributed by atoms with E-state index in [0.717, 1.165) is 0 Å². The Morgan fingerprint density at radius 3 is 2.59 bits per heavy atom. The summed E-state index contributed by atoms with van der Waals surface area (Å²) in [5.74, 6) is -3.69. The molecular weight excluding hydrogens is 496 g/mol. The van der Waals surface area contributed by atoms with Crippen molar-refractivity contribution in [1.82, 2.24) is 15.4 Å². The van der Waals surface area contributed by atoms with Crippen LogP contribution in [0.2, 0.25) is 5.15 Å². The van der Waals surface area contributed by atoms with E-state index in [2.05, 4.69) is 14.7 Å². The Hall–Kier alpha value is -3.03.